The number of hydrogen-bond acceptors (Lipinski definition) is 5. The highest BCUT2D eigenvalue weighted by Gasteiger charge is 2.31. The molecular weight excluding hydrogens is 248 g/mol. The highest BCUT2D eigenvalue weighted by atomic mass is 16.5. The van der Waals surface area contributed by atoms with Crippen LogP contribution in [0.15, 0.2) is 23.8 Å². The molecule has 6 nitrogen and oxygen atoms in total. The van der Waals surface area contributed by atoms with Crippen molar-refractivity contribution >= 4 is 23.1 Å². The fourth-order valence-electron chi connectivity index (χ4n) is 1.83. The van der Waals surface area contributed by atoms with Crippen molar-refractivity contribution in [1.29, 1.82) is 5.26 Å². The van der Waals surface area contributed by atoms with Crippen LogP contribution in [0.4, 0.5) is 5.69 Å². The van der Waals surface area contributed by atoms with Crippen molar-refractivity contribution in [3.8, 4) is 11.8 Å². The van der Waals surface area contributed by atoms with E-state index < -0.39 is 11.9 Å². The lowest BCUT2D eigenvalue weighted by Gasteiger charge is -2.04. The second-order valence-corrected chi connectivity index (χ2v) is 3.72. The normalized spacial score (nSPS) is 15.1. The molecule has 1 heterocycles. The van der Waals surface area contributed by atoms with Crippen LogP contribution in [0.1, 0.15) is 5.56 Å². The molecule has 0 unspecified atom stereocenters. The van der Waals surface area contributed by atoms with Gasteiger partial charge < -0.3 is 14.8 Å². The Morgan fingerprint density at radius 2 is 2.11 bits per heavy atom. The number of esters is 1. The molecule has 1 N–H and O–H groups in total. The average molecular weight is 258 g/mol. The first kappa shape index (κ1) is 12.6. The number of nitrogens with one attached hydrogen (secondary N) is 1. The van der Waals surface area contributed by atoms with Gasteiger partial charge in [-0.15, -0.1) is 0 Å². The zero-order valence-electron chi connectivity index (χ0n) is 10.3. The van der Waals surface area contributed by atoms with Gasteiger partial charge in [0, 0.05) is 11.3 Å². The molecule has 1 aromatic carbocycles. The third-order valence-corrected chi connectivity index (χ3v) is 2.72. The first-order valence-corrected chi connectivity index (χ1v) is 5.34. The Hall–Kier alpha value is -2.81. The summed E-state index contributed by atoms with van der Waals surface area (Å²) in [4.78, 5) is 23.4. The Kier molecular flexibility index (Phi) is 3.21. The predicted octanol–water partition coefficient (Wildman–Crippen LogP) is 1.10. The summed E-state index contributed by atoms with van der Waals surface area (Å²) in [6.07, 6.45) is 0. The molecule has 1 amide bonds. The minimum Gasteiger partial charge on any atom is -0.497 e. The number of amides is 1. The lowest BCUT2D eigenvalue weighted by Crippen LogP contribution is -2.11. The van der Waals surface area contributed by atoms with E-state index in [9.17, 15) is 9.59 Å². The molecular formula is C13H10N2O4. The number of methoxy groups -OCH3 is 2. The summed E-state index contributed by atoms with van der Waals surface area (Å²) in [5.74, 6) is -0.830. The Morgan fingerprint density at radius 1 is 1.37 bits per heavy atom. The van der Waals surface area contributed by atoms with Gasteiger partial charge in [0.15, 0.2) is 5.57 Å². The largest absolute Gasteiger partial charge is 0.497 e. The molecule has 19 heavy (non-hydrogen) atoms. The number of nitrogens with zero attached hydrogens (tertiary/aromatic N) is 1. The van der Waals surface area contributed by atoms with Crippen LogP contribution >= 0.6 is 0 Å². The summed E-state index contributed by atoms with van der Waals surface area (Å²) in [6.45, 7) is 0. The van der Waals surface area contributed by atoms with Gasteiger partial charge in [0.2, 0.25) is 0 Å². The van der Waals surface area contributed by atoms with Gasteiger partial charge in [0.1, 0.15) is 11.8 Å². The van der Waals surface area contributed by atoms with E-state index in [2.05, 4.69) is 10.1 Å². The number of carbonyl (C=O) groups excluding carboxylic acids is 2. The zero-order valence-corrected chi connectivity index (χ0v) is 10.3. The maximum atomic E-state index is 11.9. The number of hydrogen-bond donors (Lipinski definition) is 1. The molecule has 0 bridgehead atoms. The summed E-state index contributed by atoms with van der Waals surface area (Å²) in [5.41, 5.74) is 0.652. The molecule has 1 aliphatic rings. The van der Waals surface area contributed by atoms with E-state index in [1.54, 1.807) is 24.3 Å². The molecule has 96 valence electrons. The van der Waals surface area contributed by atoms with Gasteiger partial charge in [0.25, 0.3) is 5.91 Å². The van der Waals surface area contributed by atoms with E-state index in [1.165, 1.54) is 7.11 Å². The van der Waals surface area contributed by atoms with Crippen LogP contribution in [0, 0.1) is 11.3 Å². The lowest BCUT2D eigenvalue weighted by atomic mass is 10.0. The van der Waals surface area contributed by atoms with E-state index >= 15 is 0 Å². The summed E-state index contributed by atoms with van der Waals surface area (Å²) in [7, 11) is 2.64. The van der Waals surface area contributed by atoms with E-state index in [0.29, 0.717) is 17.0 Å². The molecule has 2 rings (SSSR count). The molecule has 0 saturated carbocycles. The van der Waals surface area contributed by atoms with Crippen molar-refractivity contribution in [2.45, 2.75) is 0 Å². The summed E-state index contributed by atoms with van der Waals surface area (Å²) >= 11 is 0. The lowest BCUT2D eigenvalue weighted by molar-refractivity contribution is -0.135. The van der Waals surface area contributed by atoms with Crippen molar-refractivity contribution in [3.05, 3.63) is 29.3 Å². The molecule has 6 heteroatoms. The van der Waals surface area contributed by atoms with E-state index in [1.807, 2.05) is 0 Å². The Labute approximate surface area is 109 Å². The minimum absolute atomic E-state index is 0.00301. The standard InChI is InChI=1S/C13H10N2O4/c1-18-7-3-4-10-8(5-7)11(12(16)15-10)9(6-14)13(17)19-2/h3-5H,1-2H3,(H,15,16)/b11-9-. The third-order valence-electron chi connectivity index (χ3n) is 2.72. The Balaban J connectivity index is 2.67. The summed E-state index contributed by atoms with van der Waals surface area (Å²) in [5, 5.41) is 11.6. The summed E-state index contributed by atoms with van der Waals surface area (Å²) < 4.78 is 9.57. The van der Waals surface area contributed by atoms with Crippen LogP contribution in [-0.2, 0) is 14.3 Å². The quantitative estimate of drug-likeness (QED) is 0.487. The van der Waals surface area contributed by atoms with Gasteiger partial charge in [-0.25, -0.2) is 4.79 Å². The fraction of sp³-hybridized carbons (Fsp3) is 0.154. The molecule has 0 atom stereocenters. The number of anilines is 1. The monoisotopic (exact) mass is 258 g/mol. The van der Waals surface area contributed by atoms with Gasteiger partial charge in [-0.05, 0) is 18.2 Å². The third kappa shape index (κ3) is 2.02. The number of carbonyl (C=O) groups is 2. The molecule has 1 aromatic rings. The Morgan fingerprint density at radius 3 is 2.68 bits per heavy atom. The summed E-state index contributed by atoms with van der Waals surface area (Å²) in [6, 6.07) is 6.61. The van der Waals surface area contributed by atoms with Gasteiger partial charge in [0.05, 0.1) is 19.8 Å². The van der Waals surface area contributed by atoms with Crippen LogP contribution in [0.3, 0.4) is 0 Å². The van der Waals surface area contributed by atoms with Crippen molar-refractivity contribution in [3.63, 3.8) is 0 Å². The number of fused-ring (bicyclic) bond motifs is 1. The second-order valence-electron chi connectivity index (χ2n) is 3.72. The highest BCUT2D eigenvalue weighted by Crippen LogP contribution is 2.36. The number of ether oxygens (including phenoxy) is 2. The van der Waals surface area contributed by atoms with Gasteiger partial charge in [-0.3, -0.25) is 4.79 Å². The smallest absolute Gasteiger partial charge is 0.349 e. The molecule has 0 saturated heterocycles. The van der Waals surface area contributed by atoms with E-state index in [-0.39, 0.29) is 11.1 Å². The Bertz CT molecular complexity index is 641. The van der Waals surface area contributed by atoms with Crippen molar-refractivity contribution < 1.29 is 19.1 Å². The molecule has 0 radical (unpaired) electrons. The van der Waals surface area contributed by atoms with Gasteiger partial charge >= 0.3 is 5.97 Å². The number of nitriles is 1. The molecule has 0 aromatic heterocycles. The van der Waals surface area contributed by atoms with Crippen LogP contribution < -0.4 is 10.1 Å². The van der Waals surface area contributed by atoms with Crippen molar-refractivity contribution in [1.82, 2.24) is 0 Å². The second kappa shape index (κ2) is 4.82. The molecule has 0 aliphatic carbocycles. The number of rotatable bonds is 2. The van der Waals surface area contributed by atoms with Crippen LogP contribution in [-0.4, -0.2) is 26.1 Å². The zero-order chi connectivity index (χ0) is 14.0. The highest BCUT2D eigenvalue weighted by molar-refractivity contribution is 6.35. The van der Waals surface area contributed by atoms with Gasteiger partial charge in [-0.2, -0.15) is 5.26 Å². The van der Waals surface area contributed by atoms with Crippen LogP contribution in [0.5, 0.6) is 5.75 Å². The SMILES string of the molecule is COC(=O)/C(C#N)=C1\C(=O)Nc2ccc(OC)cc21. The predicted molar refractivity (Wildman–Crippen MR) is 66.2 cm³/mol. The van der Waals surface area contributed by atoms with Crippen molar-refractivity contribution in [2.75, 3.05) is 19.5 Å². The van der Waals surface area contributed by atoms with E-state index in [0.717, 1.165) is 7.11 Å². The first-order chi connectivity index (χ1) is 9.12. The first-order valence-electron chi connectivity index (χ1n) is 5.34. The molecule has 0 fully saturated rings. The maximum absolute atomic E-state index is 11.9. The maximum Gasteiger partial charge on any atom is 0.349 e. The minimum atomic E-state index is -0.844. The van der Waals surface area contributed by atoms with Crippen LogP contribution in [0.2, 0.25) is 0 Å². The fourth-order valence-corrected chi connectivity index (χ4v) is 1.83. The van der Waals surface area contributed by atoms with Gasteiger partial charge in [-0.1, -0.05) is 0 Å². The average Bonchev–Trinajstić information content (AvgIpc) is 2.75. The van der Waals surface area contributed by atoms with E-state index in [4.69, 9.17) is 10.00 Å². The van der Waals surface area contributed by atoms with Crippen molar-refractivity contribution in [2.24, 2.45) is 0 Å². The molecule has 1 aliphatic heterocycles. The number of benzene rings is 1. The topological polar surface area (TPSA) is 88.4 Å². The molecule has 0 spiro atoms. The van der Waals surface area contributed by atoms with Crippen LogP contribution in [0.25, 0.3) is 5.57 Å².